The van der Waals surface area contributed by atoms with Gasteiger partial charge in [-0.2, -0.15) is 0 Å². The summed E-state index contributed by atoms with van der Waals surface area (Å²) in [5, 5.41) is 24.4. The second kappa shape index (κ2) is 7.85. The predicted octanol–water partition coefficient (Wildman–Crippen LogP) is 0.852. The molecule has 2 aliphatic heterocycles. The van der Waals surface area contributed by atoms with Crippen molar-refractivity contribution in [3.05, 3.63) is 11.6 Å². The van der Waals surface area contributed by atoms with Crippen LogP contribution in [-0.4, -0.2) is 75.6 Å². The predicted molar refractivity (Wildman–Crippen MR) is 121 cm³/mol. The molecule has 0 radical (unpaired) electrons. The standard InChI is InChI=1S/C26H34O10/c1-7-8-14(28)34-21-16-20(35-16)24(5)17(25(21,6)31)22(33-12(4)27)26(32)11(3)23(30)36-19(26)15-10(2)9-13(15)18(24)29/h9,11,13,15-17,19-22,31-32H,7-8H2,1-6H3/t11?,13?,15?,16?,17?,19?,20?,21?,22-,24-,25-,26?/m0/s1. The van der Waals surface area contributed by atoms with E-state index in [4.69, 9.17) is 18.9 Å². The molecule has 2 saturated carbocycles. The first kappa shape index (κ1) is 25.4. The number of rotatable bonds is 4. The summed E-state index contributed by atoms with van der Waals surface area (Å²) in [6.07, 6.45) is -2.91. The minimum absolute atomic E-state index is 0.122. The van der Waals surface area contributed by atoms with Crippen LogP contribution >= 0.6 is 0 Å². The molecule has 5 aliphatic rings. The van der Waals surface area contributed by atoms with Gasteiger partial charge in [-0.1, -0.05) is 18.6 Å². The second-order valence-corrected chi connectivity index (χ2v) is 11.5. The van der Waals surface area contributed by atoms with Gasteiger partial charge < -0.3 is 29.2 Å². The van der Waals surface area contributed by atoms with Crippen LogP contribution in [0, 0.1) is 29.1 Å². The van der Waals surface area contributed by atoms with E-state index in [0.29, 0.717) is 6.42 Å². The molecule has 198 valence electrons. The Bertz CT molecular complexity index is 1060. The van der Waals surface area contributed by atoms with Gasteiger partial charge in [0.25, 0.3) is 0 Å². The van der Waals surface area contributed by atoms with E-state index < -0.39 is 88.7 Å². The Morgan fingerprint density at radius 1 is 1.11 bits per heavy atom. The van der Waals surface area contributed by atoms with Gasteiger partial charge in [-0.05, 0) is 34.1 Å². The van der Waals surface area contributed by atoms with Gasteiger partial charge in [0, 0.05) is 31.1 Å². The fourth-order valence-corrected chi connectivity index (χ4v) is 7.46. The normalized spacial score (nSPS) is 50.6. The first-order valence-electron chi connectivity index (χ1n) is 12.6. The quantitative estimate of drug-likeness (QED) is 0.243. The summed E-state index contributed by atoms with van der Waals surface area (Å²) >= 11 is 0. The first-order chi connectivity index (χ1) is 16.7. The van der Waals surface area contributed by atoms with Crippen molar-refractivity contribution >= 4 is 23.7 Å². The van der Waals surface area contributed by atoms with Crippen molar-refractivity contribution in [2.24, 2.45) is 29.1 Å². The van der Waals surface area contributed by atoms with Gasteiger partial charge in [-0.3, -0.25) is 19.2 Å². The third-order valence-corrected chi connectivity index (χ3v) is 9.29. The lowest BCUT2D eigenvalue weighted by atomic mass is 9.47. The number of aliphatic hydroxyl groups is 2. The number of fused-ring (bicyclic) bond motifs is 6. The van der Waals surface area contributed by atoms with E-state index in [1.54, 1.807) is 19.9 Å². The molecule has 2 heterocycles. The number of ketones is 1. The minimum Gasteiger partial charge on any atom is -0.459 e. The van der Waals surface area contributed by atoms with Crippen LogP contribution in [-0.2, 0) is 38.1 Å². The summed E-state index contributed by atoms with van der Waals surface area (Å²) in [5.74, 6) is -5.93. The molecule has 0 aromatic rings. The fraction of sp³-hybridized carbons (Fsp3) is 0.769. The molecular weight excluding hydrogens is 472 g/mol. The molecule has 0 bridgehead atoms. The Labute approximate surface area is 209 Å². The van der Waals surface area contributed by atoms with Crippen LogP contribution in [0.2, 0.25) is 0 Å². The first-order valence-corrected chi connectivity index (χ1v) is 12.6. The molecule has 0 aromatic heterocycles. The van der Waals surface area contributed by atoms with E-state index >= 15 is 0 Å². The van der Waals surface area contributed by atoms with Crippen LogP contribution in [0.3, 0.4) is 0 Å². The van der Waals surface area contributed by atoms with Crippen LogP contribution < -0.4 is 0 Å². The van der Waals surface area contributed by atoms with E-state index in [0.717, 1.165) is 12.5 Å². The van der Waals surface area contributed by atoms with E-state index in [2.05, 4.69) is 0 Å². The topological polar surface area (TPSA) is 149 Å². The average molecular weight is 507 g/mol. The number of esters is 3. The van der Waals surface area contributed by atoms with Crippen LogP contribution in [0.25, 0.3) is 0 Å². The lowest BCUT2D eigenvalue weighted by molar-refractivity contribution is -0.256. The van der Waals surface area contributed by atoms with Crippen molar-refractivity contribution in [2.45, 2.75) is 96.1 Å². The Morgan fingerprint density at radius 3 is 2.36 bits per heavy atom. The van der Waals surface area contributed by atoms with Gasteiger partial charge in [-0.25, -0.2) is 0 Å². The van der Waals surface area contributed by atoms with Crippen molar-refractivity contribution in [1.82, 2.24) is 0 Å². The number of carbonyl (C=O) groups is 4. The highest BCUT2D eigenvalue weighted by Crippen LogP contribution is 2.65. The molecule has 36 heavy (non-hydrogen) atoms. The van der Waals surface area contributed by atoms with Gasteiger partial charge >= 0.3 is 17.9 Å². The summed E-state index contributed by atoms with van der Waals surface area (Å²) in [7, 11) is 0. The molecule has 9 unspecified atom stereocenters. The van der Waals surface area contributed by atoms with Crippen LogP contribution in [0.1, 0.15) is 54.4 Å². The average Bonchev–Trinajstić information content (AvgIpc) is 3.54. The van der Waals surface area contributed by atoms with Crippen molar-refractivity contribution in [3.63, 3.8) is 0 Å². The molecule has 10 heteroatoms. The lowest BCUT2D eigenvalue weighted by Crippen LogP contribution is -2.75. The molecule has 3 aliphatic carbocycles. The summed E-state index contributed by atoms with van der Waals surface area (Å²) in [6.45, 7) is 9.30. The number of epoxide rings is 1. The van der Waals surface area contributed by atoms with Crippen molar-refractivity contribution < 1.29 is 48.3 Å². The van der Waals surface area contributed by atoms with Crippen molar-refractivity contribution in [3.8, 4) is 0 Å². The molecule has 4 fully saturated rings. The number of Topliss-reactive ketones (excluding diaryl/α,β-unsaturated/α-hetero) is 1. The van der Waals surface area contributed by atoms with Gasteiger partial charge in [0.1, 0.15) is 35.8 Å². The van der Waals surface area contributed by atoms with Crippen molar-refractivity contribution in [1.29, 1.82) is 0 Å². The molecule has 0 aromatic carbocycles. The monoisotopic (exact) mass is 506 g/mol. The molecule has 0 spiro atoms. The molecule has 10 nitrogen and oxygen atoms in total. The van der Waals surface area contributed by atoms with Crippen molar-refractivity contribution in [2.75, 3.05) is 0 Å². The highest BCUT2D eigenvalue weighted by molar-refractivity contribution is 5.93. The highest BCUT2D eigenvalue weighted by Gasteiger charge is 2.81. The van der Waals surface area contributed by atoms with E-state index in [1.165, 1.54) is 13.8 Å². The maximum absolute atomic E-state index is 14.2. The third kappa shape index (κ3) is 3.07. The lowest BCUT2D eigenvalue weighted by Gasteiger charge is -2.59. The van der Waals surface area contributed by atoms with E-state index in [9.17, 15) is 29.4 Å². The summed E-state index contributed by atoms with van der Waals surface area (Å²) in [6, 6.07) is 0. The number of hydrogen-bond acceptors (Lipinski definition) is 10. The molecule has 12 atom stereocenters. The number of ether oxygens (including phenoxy) is 4. The third-order valence-electron chi connectivity index (χ3n) is 9.29. The Morgan fingerprint density at radius 2 is 1.78 bits per heavy atom. The number of hydrogen-bond donors (Lipinski definition) is 2. The molecule has 5 rings (SSSR count). The maximum Gasteiger partial charge on any atom is 0.312 e. The zero-order valence-corrected chi connectivity index (χ0v) is 21.3. The van der Waals surface area contributed by atoms with Crippen LogP contribution in [0.15, 0.2) is 11.6 Å². The Hall–Kier alpha value is -2.30. The number of carbonyl (C=O) groups excluding carboxylic acids is 4. The molecular formula is C26H34O10. The zero-order valence-electron chi connectivity index (χ0n) is 21.3. The smallest absolute Gasteiger partial charge is 0.312 e. The summed E-state index contributed by atoms with van der Waals surface area (Å²) in [5.41, 5.74) is -4.66. The fourth-order valence-electron chi connectivity index (χ4n) is 7.46. The Kier molecular flexibility index (Phi) is 5.53. The van der Waals surface area contributed by atoms with Gasteiger partial charge in [0.15, 0.2) is 11.7 Å². The SMILES string of the molecule is CCCC(=O)OC1C2OC2[C@]2(C)C(=O)C3C=C(C)C3C3OC(=O)C(C)C3(O)[C@@H](OC(C)=O)C2[C@]1(C)O. The highest BCUT2D eigenvalue weighted by atomic mass is 16.6. The molecule has 2 saturated heterocycles. The van der Waals surface area contributed by atoms with E-state index in [1.807, 2.05) is 6.92 Å². The van der Waals surface area contributed by atoms with Gasteiger partial charge in [-0.15, -0.1) is 0 Å². The van der Waals surface area contributed by atoms with Crippen LogP contribution in [0.5, 0.6) is 0 Å². The maximum atomic E-state index is 14.2. The van der Waals surface area contributed by atoms with Gasteiger partial charge in [0.2, 0.25) is 0 Å². The van der Waals surface area contributed by atoms with Gasteiger partial charge in [0.05, 0.1) is 11.3 Å². The number of allylic oxidation sites excluding steroid dienone is 1. The largest absolute Gasteiger partial charge is 0.459 e. The Balaban J connectivity index is 1.72. The summed E-state index contributed by atoms with van der Waals surface area (Å²) < 4.78 is 23.0. The summed E-state index contributed by atoms with van der Waals surface area (Å²) in [4.78, 5) is 51.9. The molecule has 0 amide bonds. The second-order valence-electron chi connectivity index (χ2n) is 11.5. The van der Waals surface area contributed by atoms with Crippen LogP contribution in [0.4, 0.5) is 0 Å². The van der Waals surface area contributed by atoms with E-state index in [-0.39, 0.29) is 12.2 Å². The molecule has 2 N–H and O–H groups in total. The minimum atomic E-state index is -2.06. The zero-order chi connectivity index (χ0) is 26.5.